The summed E-state index contributed by atoms with van der Waals surface area (Å²) in [4.78, 5) is 34.0. The van der Waals surface area contributed by atoms with E-state index in [1.54, 1.807) is 6.20 Å². The number of aromatic nitrogens is 1. The van der Waals surface area contributed by atoms with E-state index in [0.29, 0.717) is 43.5 Å². The number of aliphatic hydroxyl groups is 1. The fourth-order valence-electron chi connectivity index (χ4n) is 6.16. The number of hydrogen-bond donors (Lipinski definition) is 1. The molecule has 150 valence electrons. The third-order valence-electron chi connectivity index (χ3n) is 7.58. The topological polar surface area (TPSA) is 73.7 Å². The Balaban J connectivity index is 1.24. The third-order valence-corrected chi connectivity index (χ3v) is 7.58. The van der Waals surface area contributed by atoms with E-state index in [0.717, 1.165) is 25.7 Å². The number of piperidine rings is 1. The highest BCUT2D eigenvalue weighted by Gasteiger charge is 2.47. The van der Waals surface area contributed by atoms with Gasteiger partial charge in [0.25, 0.3) is 0 Å². The van der Waals surface area contributed by atoms with Gasteiger partial charge in [-0.2, -0.15) is 0 Å². The van der Waals surface area contributed by atoms with Gasteiger partial charge in [0.05, 0.1) is 5.69 Å². The minimum atomic E-state index is -0.964. The second-order valence-corrected chi connectivity index (χ2v) is 9.35. The highest BCUT2D eigenvalue weighted by molar-refractivity contribution is 5.86. The van der Waals surface area contributed by atoms with Gasteiger partial charge in [0.1, 0.15) is 12.1 Å². The Labute approximate surface area is 165 Å². The Kier molecular flexibility index (Phi) is 4.42. The van der Waals surface area contributed by atoms with E-state index >= 15 is 0 Å². The molecule has 28 heavy (non-hydrogen) atoms. The monoisotopic (exact) mass is 383 g/mol. The van der Waals surface area contributed by atoms with Crippen LogP contribution in [-0.4, -0.2) is 57.4 Å². The second-order valence-electron chi connectivity index (χ2n) is 9.35. The quantitative estimate of drug-likeness (QED) is 0.866. The van der Waals surface area contributed by atoms with Gasteiger partial charge in [0.2, 0.25) is 11.8 Å². The van der Waals surface area contributed by atoms with Crippen LogP contribution in [0.1, 0.15) is 50.6 Å². The van der Waals surface area contributed by atoms with Crippen LogP contribution in [0.15, 0.2) is 24.4 Å². The van der Waals surface area contributed by atoms with Crippen LogP contribution >= 0.6 is 0 Å². The van der Waals surface area contributed by atoms with Crippen LogP contribution in [-0.2, 0) is 15.2 Å². The number of amides is 2. The van der Waals surface area contributed by atoms with Crippen molar-refractivity contribution in [3.63, 3.8) is 0 Å². The summed E-state index contributed by atoms with van der Waals surface area (Å²) < 4.78 is 0. The van der Waals surface area contributed by atoms with Gasteiger partial charge in [-0.3, -0.25) is 14.6 Å². The molecule has 6 nitrogen and oxygen atoms in total. The van der Waals surface area contributed by atoms with Crippen LogP contribution in [0, 0.1) is 17.8 Å². The minimum Gasteiger partial charge on any atom is -0.383 e. The Morgan fingerprint density at radius 3 is 2.46 bits per heavy atom. The lowest BCUT2D eigenvalue weighted by Crippen LogP contribution is -2.51. The molecule has 1 N–H and O–H groups in total. The van der Waals surface area contributed by atoms with Gasteiger partial charge in [-0.1, -0.05) is 6.07 Å². The van der Waals surface area contributed by atoms with Crippen LogP contribution in [0.3, 0.4) is 0 Å². The number of carbonyl (C=O) groups is 2. The van der Waals surface area contributed by atoms with Gasteiger partial charge < -0.3 is 14.9 Å². The molecule has 2 saturated carbocycles. The fourth-order valence-corrected chi connectivity index (χ4v) is 6.16. The first-order valence-corrected chi connectivity index (χ1v) is 10.7. The molecule has 1 aromatic heterocycles. The van der Waals surface area contributed by atoms with E-state index < -0.39 is 5.60 Å². The summed E-state index contributed by atoms with van der Waals surface area (Å²) in [5.41, 5.74) is -0.285. The molecule has 5 aliphatic rings. The summed E-state index contributed by atoms with van der Waals surface area (Å²) in [6, 6.07) is 5.82. The van der Waals surface area contributed by atoms with Gasteiger partial charge in [-0.05, 0) is 68.9 Å². The number of rotatable bonds is 3. The maximum atomic E-state index is 13.0. The number of likely N-dealkylation sites (tertiary alicyclic amines) is 1. The molecular formula is C22H29N3O3. The summed E-state index contributed by atoms with van der Waals surface area (Å²) >= 11 is 0. The zero-order chi connectivity index (χ0) is 19.3. The Morgan fingerprint density at radius 2 is 1.82 bits per heavy atom. The SMILES string of the molecule is O=C(CN1C(=O)C2CC3CC(C2)CC1C3)N1CCC(O)(c2ccccn2)CC1. The molecule has 2 amide bonds. The first kappa shape index (κ1) is 18.1. The number of fused-ring (bicyclic) bond motifs is 1. The molecule has 3 aliphatic heterocycles. The molecule has 6 heteroatoms. The molecule has 1 aromatic rings. The molecule has 0 radical (unpaired) electrons. The summed E-state index contributed by atoms with van der Waals surface area (Å²) in [6.07, 6.45) is 8.14. The van der Waals surface area contributed by atoms with Gasteiger partial charge in [0.15, 0.2) is 0 Å². The van der Waals surface area contributed by atoms with Crippen molar-refractivity contribution >= 4 is 11.8 Å². The van der Waals surface area contributed by atoms with Crippen molar-refractivity contribution in [3.8, 4) is 0 Å². The van der Waals surface area contributed by atoms with Gasteiger partial charge in [-0.15, -0.1) is 0 Å². The van der Waals surface area contributed by atoms with Gasteiger partial charge in [-0.25, -0.2) is 0 Å². The molecular weight excluding hydrogens is 354 g/mol. The highest BCUT2D eigenvalue weighted by atomic mass is 16.3. The van der Waals surface area contributed by atoms with E-state index in [2.05, 4.69) is 4.98 Å². The lowest BCUT2D eigenvalue weighted by molar-refractivity contribution is -0.146. The average Bonchev–Trinajstić information content (AvgIpc) is 2.84. The van der Waals surface area contributed by atoms with Crippen molar-refractivity contribution in [2.24, 2.45) is 17.8 Å². The Morgan fingerprint density at radius 1 is 1.11 bits per heavy atom. The van der Waals surface area contributed by atoms with E-state index in [-0.39, 0.29) is 30.3 Å². The predicted molar refractivity (Wildman–Crippen MR) is 103 cm³/mol. The molecule has 2 atom stereocenters. The standard InChI is InChI=1S/C22H29N3O3/c26-20(24-7-4-22(28,5-8-24)19-3-1-2-6-23-19)14-25-18-12-15-9-16(13-18)11-17(10-15)21(25)27/h1-3,6,15-18,28H,4-5,7-14H2. The van der Waals surface area contributed by atoms with E-state index in [1.165, 1.54) is 6.42 Å². The van der Waals surface area contributed by atoms with Gasteiger partial charge in [0, 0.05) is 31.2 Å². The predicted octanol–water partition coefficient (Wildman–Crippen LogP) is 1.93. The highest BCUT2D eigenvalue weighted by Crippen LogP contribution is 2.48. The fraction of sp³-hybridized carbons (Fsp3) is 0.682. The van der Waals surface area contributed by atoms with E-state index in [4.69, 9.17) is 0 Å². The molecule has 2 aliphatic carbocycles. The molecule has 4 heterocycles. The molecule has 2 unspecified atom stereocenters. The van der Waals surface area contributed by atoms with Crippen LogP contribution in [0.5, 0.6) is 0 Å². The maximum Gasteiger partial charge on any atom is 0.242 e. The van der Waals surface area contributed by atoms with Crippen molar-refractivity contribution in [2.45, 2.75) is 56.6 Å². The average molecular weight is 383 g/mol. The summed E-state index contributed by atoms with van der Waals surface area (Å²) in [6.45, 7) is 1.22. The van der Waals surface area contributed by atoms with Crippen LogP contribution < -0.4 is 0 Å². The van der Waals surface area contributed by atoms with Crippen molar-refractivity contribution < 1.29 is 14.7 Å². The lowest BCUT2D eigenvalue weighted by Gasteiger charge is -2.40. The third kappa shape index (κ3) is 3.11. The van der Waals surface area contributed by atoms with E-state index in [9.17, 15) is 14.7 Å². The summed E-state index contributed by atoms with van der Waals surface area (Å²) in [7, 11) is 0. The second kappa shape index (κ2) is 6.83. The van der Waals surface area contributed by atoms with Crippen LogP contribution in [0.2, 0.25) is 0 Å². The zero-order valence-electron chi connectivity index (χ0n) is 16.3. The Hall–Kier alpha value is -1.95. The van der Waals surface area contributed by atoms with Crippen LogP contribution in [0.25, 0.3) is 0 Å². The summed E-state index contributed by atoms with van der Waals surface area (Å²) in [5, 5.41) is 10.9. The van der Waals surface area contributed by atoms with Gasteiger partial charge >= 0.3 is 0 Å². The lowest BCUT2D eigenvalue weighted by atomic mass is 9.68. The molecule has 0 spiro atoms. The number of hydrogen-bond acceptors (Lipinski definition) is 4. The molecule has 0 aromatic carbocycles. The molecule has 3 saturated heterocycles. The van der Waals surface area contributed by atoms with Crippen LogP contribution in [0.4, 0.5) is 0 Å². The summed E-state index contributed by atoms with van der Waals surface area (Å²) in [5.74, 6) is 1.73. The minimum absolute atomic E-state index is 0.0256. The first-order chi connectivity index (χ1) is 13.5. The van der Waals surface area contributed by atoms with E-state index in [1.807, 2.05) is 28.0 Å². The van der Waals surface area contributed by atoms with Crippen molar-refractivity contribution in [3.05, 3.63) is 30.1 Å². The maximum absolute atomic E-state index is 13.0. The number of carbonyl (C=O) groups excluding carboxylic acids is 2. The zero-order valence-corrected chi connectivity index (χ0v) is 16.3. The number of pyridine rings is 1. The van der Waals surface area contributed by atoms with Crippen molar-refractivity contribution in [1.82, 2.24) is 14.8 Å². The molecule has 4 bridgehead atoms. The first-order valence-electron chi connectivity index (χ1n) is 10.7. The Bertz CT molecular complexity index is 746. The van der Waals surface area contributed by atoms with Crippen molar-refractivity contribution in [2.75, 3.05) is 19.6 Å². The molecule has 6 rings (SSSR count). The number of nitrogens with zero attached hydrogens (tertiary/aromatic N) is 3. The van der Waals surface area contributed by atoms with Crippen molar-refractivity contribution in [1.29, 1.82) is 0 Å². The molecule has 5 fully saturated rings. The smallest absolute Gasteiger partial charge is 0.242 e. The normalized spacial score (nSPS) is 33.8. The largest absolute Gasteiger partial charge is 0.383 e.